The van der Waals surface area contributed by atoms with E-state index in [9.17, 15) is 14.4 Å². The molecule has 3 amide bonds. The molecule has 5 aromatic rings. The monoisotopic (exact) mass is 779 g/mol. The molecule has 1 aliphatic carbocycles. The number of carbonyl (C=O) groups is 3. The number of allylic oxidation sites excluding steroid dienone is 1. The summed E-state index contributed by atoms with van der Waals surface area (Å²) in [7, 11) is 0. The minimum absolute atomic E-state index is 0.137. The van der Waals surface area contributed by atoms with Crippen LogP contribution < -0.4 is 15.1 Å². The zero-order valence-electron chi connectivity index (χ0n) is 32.4. The number of halogens is 1. The summed E-state index contributed by atoms with van der Waals surface area (Å²) in [6, 6.07) is 19.8. The fraction of sp³-hybridized carbons (Fsp3) is 0.378. The maximum Gasteiger partial charge on any atom is 0.255 e. The normalized spacial score (nSPS) is 20.7. The van der Waals surface area contributed by atoms with Gasteiger partial charge in [0, 0.05) is 75.6 Å². The molecule has 10 rings (SSSR count). The van der Waals surface area contributed by atoms with Crippen LogP contribution in [0.1, 0.15) is 76.8 Å². The number of anilines is 2. The van der Waals surface area contributed by atoms with E-state index in [2.05, 4.69) is 66.6 Å². The number of fused-ring (bicyclic) bond motifs is 4. The second-order valence-electron chi connectivity index (χ2n) is 16.3. The highest BCUT2D eigenvalue weighted by Gasteiger charge is 2.39. The van der Waals surface area contributed by atoms with Crippen LogP contribution in [0.5, 0.6) is 0 Å². The molecule has 5 aliphatic rings. The van der Waals surface area contributed by atoms with Crippen molar-refractivity contribution in [2.75, 3.05) is 55.6 Å². The number of aromatic nitrogens is 4. The zero-order chi connectivity index (χ0) is 39.3. The first-order valence-electron chi connectivity index (χ1n) is 20.6. The minimum Gasteiger partial charge on any atom is -0.369 e. The molecule has 0 spiro atoms. The van der Waals surface area contributed by atoms with Crippen LogP contribution in [0, 0.1) is 11.9 Å². The third-order valence-electron chi connectivity index (χ3n) is 12.9. The first-order chi connectivity index (χ1) is 28.4. The number of rotatable bonds is 7. The summed E-state index contributed by atoms with van der Waals surface area (Å²) in [4.78, 5) is 56.3. The van der Waals surface area contributed by atoms with Gasteiger partial charge in [-0.05, 0) is 96.5 Å². The molecule has 2 aromatic heterocycles. The molecule has 0 radical (unpaired) electrons. The molecule has 0 bridgehead atoms. The van der Waals surface area contributed by atoms with Gasteiger partial charge in [-0.3, -0.25) is 34.7 Å². The molecule has 3 fully saturated rings. The van der Waals surface area contributed by atoms with Gasteiger partial charge in [-0.25, -0.2) is 4.98 Å². The Morgan fingerprint density at radius 3 is 2.38 bits per heavy atom. The number of piperazine rings is 1. The summed E-state index contributed by atoms with van der Waals surface area (Å²) in [5.41, 5.74) is 9.47. The molecule has 0 saturated carbocycles. The molecule has 6 heterocycles. The smallest absolute Gasteiger partial charge is 0.255 e. The van der Waals surface area contributed by atoms with Crippen LogP contribution in [0.4, 0.5) is 15.9 Å². The largest absolute Gasteiger partial charge is 0.369 e. The van der Waals surface area contributed by atoms with Crippen LogP contribution in [0.25, 0.3) is 22.0 Å². The number of aromatic amines is 1. The fourth-order valence-electron chi connectivity index (χ4n) is 9.85. The Bertz CT molecular complexity index is 2430. The molecule has 2 N–H and O–H groups in total. The van der Waals surface area contributed by atoms with Crippen LogP contribution in [0.2, 0.25) is 0 Å². The molecule has 1 atom stereocenters. The van der Waals surface area contributed by atoms with Crippen LogP contribution in [-0.2, 0) is 22.6 Å². The van der Waals surface area contributed by atoms with Crippen molar-refractivity contribution < 1.29 is 18.8 Å². The summed E-state index contributed by atoms with van der Waals surface area (Å²) in [6.07, 6.45) is 9.12. The molecule has 4 aliphatic heterocycles. The van der Waals surface area contributed by atoms with Gasteiger partial charge in [0.25, 0.3) is 5.91 Å². The average Bonchev–Trinajstić information content (AvgIpc) is 3.72. The number of aryl methyl sites for hydroxylation is 1. The van der Waals surface area contributed by atoms with Crippen LogP contribution in [0.3, 0.4) is 0 Å². The van der Waals surface area contributed by atoms with Crippen molar-refractivity contribution in [1.29, 1.82) is 0 Å². The van der Waals surface area contributed by atoms with Crippen molar-refractivity contribution in [3.05, 3.63) is 113 Å². The number of amides is 3. The number of nitrogens with one attached hydrogen (secondary N) is 2. The standard InChI is InChI=1S/C45H46FN9O3/c46-43-42-34-8-4-7-32(29-5-2-1-3-6-29)41(35(34)11-12-36(42)50-51-43)37-24-48-39(25-47-37)54-17-15-28(16-18-54)26-52-19-21-53(22-20-52)31-9-10-33-30(23-31)27-55(45(33)58)38-13-14-40(56)49-44(38)57/h1-3,5-6,9-12,23-25,28,38H,4,7-8,13-22,26-27H2,(H,50,51)(H,49,56,57)/t38-/m0/s1. The van der Waals surface area contributed by atoms with Crippen LogP contribution in [0.15, 0.2) is 73.1 Å². The van der Waals surface area contributed by atoms with E-state index in [0.717, 1.165) is 123 Å². The quantitative estimate of drug-likeness (QED) is 0.203. The summed E-state index contributed by atoms with van der Waals surface area (Å²) in [5.74, 6) is 0.314. The summed E-state index contributed by atoms with van der Waals surface area (Å²) >= 11 is 0. The molecule has 58 heavy (non-hydrogen) atoms. The van der Waals surface area contributed by atoms with E-state index in [1.165, 1.54) is 5.57 Å². The first-order valence-corrected chi connectivity index (χ1v) is 20.6. The Hall–Kier alpha value is -5.95. The van der Waals surface area contributed by atoms with E-state index < -0.39 is 6.04 Å². The number of hydrogen-bond donors (Lipinski definition) is 2. The van der Waals surface area contributed by atoms with E-state index in [1.54, 1.807) is 4.90 Å². The molecule has 3 saturated heterocycles. The number of imide groups is 1. The molecular formula is C45H46FN9O3. The number of H-pyrrole nitrogens is 1. The Morgan fingerprint density at radius 1 is 0.793 bits per heavy atom. The molecule has 13 heteroatoms. The molecule has 12 nitrogen and oxygen atoms in total. The summed E-state index contributed by atoms with van der Waals surface area (Å²) in [6.45, 7) is 7.12. The van der Waals surface area contributed by atoms with Crippen molar-refractivity contribution in [3.63, 3.8) is 0 Å². The third-order valence-corrected chi connectivity index (χ3v) is 12.9. The number of hydrogen-bond acceptors (Lipinski definition) is 9. The third kappa shape index (κ3) is 6.70. The van der Waals surface area contributed by atoms with Gasteiger partial charge in [0.15, 0.2) is 0 Å². The lowest BCUT2D eigenvalue weighted by Crippen LogP contribution is -2.52. The SMILES string of the molecule is O=C1CC[C@H](N2Cc3cc(N4CCN(CC5CCN(c6cnc(C7=C(c8ccccc8)CCCc8c7ccc7n[nH]c(F)c87)cn6)CC5)CC4)ccc3C2=O)C(=O)N1. The predicted molar refractivity (Wildman–Crippen MR) is 219 cm³/mol. The summed E-state index contributed by atoms with van der Waals surface area (Å²) in [5, 5.41) is 9.69. The topological polar surface area (TPSA) is 131 Å². The predicted octanol–water partition coefficient (Wildman–Crippen LogP) is 5.59. The Kier molecular flexibility index (Phi) is 9.47. The Balaban J connectivity index is 0.766. The van der Waals surface area contributed by atoms with Crippen LogP contribution in [-0.4, -0.2) is 99.5 Å². The van der Waals surface area contributed by atoms with E-state index >= 15 is 4.39 Å². The van der Waals surface area contributed by atoms with Gasteiger partial charge < -0.3 is 14.7 Å². The van der Waals surface area contributed by atoms with Gasteiger partial charge in [0.1, 0.15) is 11.9 Å². The number of carbonyl (C=O) groups excluding carboxylic acids is 3. The van der Waals surface area contributed by atoms with Crippen molar-refractivity contribution in [3.8, 4) is 0 Å². The highest BCUT2D eigenvalue weighted by Crippen LogP contribution is 2.42. The van der Waals surface area contributed by atoms with Crippen molar-refractivity contribution in [2.45, 2.75) is 57.5 Å². The van der Waals surface area contributed by atoms with Gasteiger partial charge >= 0.3 is 0 Å². The lowest BCUT2D eigenvalue weighted by atomic mass is 9.89. The Morgan fingerprint density at radius 2 is 1.60 bits per heavy atom. The average molecular weight is 780 g/mol. The second kappa shape index (κ2) is 15.1. The molecule has 0 unspecified atom stereocenters. The van der Waals surface area contributed by atoms with Gasteiger partial charge in [-0.1, -0.05) is 36.4 Å². The van der Waals surface area contributed by atoms with Crippen molar-refractivity contribution in [1.82, 2.24) is 35.3 Å². The van der Waals surface area contributed by atoms with E-state index in [-0.39, 0.29) is 30.1 Å². The lowest BCUT2D eigenvalue weighted by Gasteiger charge is -2.40. The zero-order valence-corrected chi connectivity index (χ0v) is 32.4. The van der Waals surface area contributed by atoms with Gasteiger partial charge in [-0.2, -0.15) is 9.49 Å². The summed E-state index contributed by atoms with van der Waals surface area (Å²) < 4.78 is 15.0. The van der Waals surface area contributed by atoms with E-state index in [1.807, 2.05) is 36.7 Å². The maximum absolute atomic E-state index is 15.0. The lowest BCUT2D eigenvalue weighted by molar-refractivity contribution is -0.136. The maximum atomic E-state index is 15.0. The minimum atomic E-state index is -0.601. The van der Waals surface area contributed by atoms with Gasteiger partial charge in [0.05, 0.1) is 29.0 Å². The molecule has 296 valence electrons. The van der Waals surface area contributed by atoms with Gasteiger partial charge in [-0.15, -0.1) is 0 Å². The van der Waals surface area contributed by atoms with Crippen molar-refractivity contribution >= 4 is 51.3 Å². The fourth-order valence-corrected chi connectivity index (χ4v) is 9.85. The number of nitrogens with zero attached hydrogens (tertiary/aromatic N) is 7. The highest BCUT2D eigenvalue weighted by atomic mass is 19.1. The van der Waals surface area contributed by atoms with E-state index in [4.69, 9.17) is 9.97 Å². The molecule has 3 aromatic carbocycles. The van der Waals surface area contributed by atoms with Crippen LogP contribution >= 0.6 is 0 Å². The number of benzene rings is 3. The van der Waals surface area contributed by atoms with E-state index in [0.29, 0.717) is 35.3 Å². The second-order valence-corrected chi connectivity index (χ2v) is 16.3. The van der Waals surface area contributed by atoms with Gasteiger partial charge in [0.2, 0.25) is 17.8 Å². The highest BCUT2D eigenvalue weighted by molar-refractivity contribution is 6.06. The molecular weight excluding hydrogens is 734 g/mol. The Labute approximate surface area is 336 Å². The first kappa shape index (κ1) is 36.4. The van der Waals surface area contributed by atoms with Crippen molar-refractivity contribution in [2.24, 2.45) is 5.92 Å². The number of piperidine rings is 2.